The molecule has 16 heteroatoms. The molecule has 5 atom stereocenters. The third-order valence-corrected chi connectivity index (χ3v) is 11.0. The van der Waals surface area contributed by atoms with Gasteiger partial charge in [0.1, 0.15) is 17.1 Å². The molecular formula is C29H37N5O10S. The van der Waals surface area contributed by atoms with Crippen LogP contribution in [0.1, 0.15) is 25.8 Å². The van der Waals surface area contributed by atoms with E-state index in [1.807, 2.05) is 4.90 Å². The Kier molecular flexibility index (Phi) is 9.39. The number of thioether (sulfide) groups is 1. The number of amides is 3. The number of fused-ring (bicyclic) bond motifs is 1. The van der Waals surface area contributed by atoms with E-state index in [1.165, 1.54) is 47.9 Å². The van der Waals surface area contributed by atoms with Crippen molar-refractivity contribution in [2.75, 3.05) is 52.4 Å². The molecule has 45 heavy (non-hydrogen) atoms. The van der Waals surface area contributed by atoms with Gasteiger partial charge < -0.3 is 29.9 Å². The van der Waals surface area contributed by atoms with Crippen LogP contribution in [0.5, 0.6) is 0 Å². The minimum atomic E-state index is -1.41. The lowest BCUT2D eigenvalue weighted by Gasteiger charge is -2.56. The average molecular weight is 648 g/mol. The number of aliphatic hydroxyl groups is 2. The van der Waals surface area contributed by atoms with Gasteiger partial charge in [-0.3, -0.25) is 29.5 Å². The maximum Gasteiger partial charge on any atom is 0.410 e. The van der Waals surface area contributed by atoms with Gasteiger partial charge in [-0.05, 0) is 31.0 Å². The van der Waals surface area contributed by atoms with E-state index < -0.39 is 51.6 Å². The van der Waals surface area contributed by atoms with Crippen molar-refractivity contribution >= 4 is 41.3 Å². The smallest absolute Gasteiger partial charge is 0.410 e. The van der Waals surface area contributed by atoms with Gasteiger partial charge in [-0.1, -0.05) is 6.92 Å². The second-order valence-electron chi connectivity index (χ2n) is 11.8. The fourth-order valence-electron chi connectivity index (χ4n) is 6.77. The highest BCUT2D eigenvalue weighted by atomic mass is 32.2. The zero-order valence-corrected chi connectivity index (χ0v) is 25.9. The number of piperazine rings is 1. The van der Waals surface area contributed by atoms with Gasteiger partial charge in [0.15, 0.2) is 0 Å². The fourth-order valence-corrected chi connectivity index (χ4v) is 8.64. The summed E-state index contributed by atoms with van der Waals surface area (Å²) in [4.78, 5) is 69.3. The first kappa shape index (κ1) is 32.7. The standard InChI is InChI=1S/C29H37N5O10S/c1-17-22(25(37)31-11-9-30(10-12-31)13-14-35)23(26(38)39)33-24(17)29(18(2)36,27(33)40)45-21-7-8-32(15-21)28(41)44-16-19-3-5-20(6-4-19)34(42)43/h3-6,17-18,21,24,35-36H,7-16H2,1-2H3,(H,38,39)/t17-,18?,21?,24+,29?/m1/s1. The third kappa shape index (κ3) is 5.87. The van der Waals surface area contributed by atoms with Crippen LogP contribution in [0.4, 0.5) is 10.5 Å². The first-order valence-corrected chi connectivity index (χ1v) is 15.7. The number of likely N-dealkylation sites (tertiary alicyclic amines) is 1. The molecule has 3 N–H and O–H groups in total. The number of nitrogens with zero attached hydrogens (tertiary/aromatic N) is 5. The molecule has 1 aromatic rings. The number of hydrogen-bond donors (Lipinski definition) is 3. The molecule has 4 heterocycles. The number of β-lactam (4-membered cyclic amide) rings is 1. The molecule has 3 amide bonds. The Morgan fingerprint density at radius 3 is 2.38 bits per heavy atom. The zero-order chi connectivity index (χ0) is 32.6. The molecule has 0 bridgehead atoms. The summed E-state index contributed by atoms with van der Waals surface area (Å²) in [6, 6.07) is 4.90. The molecule has 0 saturated carbocycles. The molecule has 0 radical (unpaired) electrons. The van der Waals surface area contributed by atoms with E-state index in [-0.39, 0.29) is 42.0 Å². The number of hydrogen-bond acceptors (Lipinski definition) is 11. The van der Waals surface area contributed by atoms with Crippen LogP contribution in [0, 0.1) is 16.0 Å². The van der Waals surface area contributed by atoms with E-state index in [4.69, 9.17) is 4.74 Å². The number of carboxylic acid groups (broad SMARTS) is 1. The van der Waals surface area contributed by atoms with Gasteiger partial charge in [0.25, 0.3) is 11.6 Å². The van der Waals surface area contributed by atoms with Crippen molar-refractivity contribution in [2.45, 2.75) is 49.0 Å². The number of carbonyl (C=O) groups is 4. The number of nitro groups is 1. The minimum Gasteiger partial charge on any atom is -0.477 e. The minimum absolute atomic E-state index is 0.000736. The molecular weight excluding hydrogens is 610 g/mol. The lowest BCUT2D eigenvalue weighted by molar-refractivity contribution is -0.384. The van der Waals surface area contributed by atoms with Crippen molar-refractivity contribution in [3.8, 4) is 0 Å². The zero-order valence-electron chi connectivity index (χ0n) is 25.0. The van der Waals surface area contributed by atoms with E-state index in [2.05, 4.69) is 0 Å². The molecule has 3 unspecified atom stereocenters. The monoisotopic (exact) mass is 647 g/mol. The summed E-state index contributed by atoms with van der Waals surface area (Å²) in [6.07, 6.45) is -1.25. The number of aliphatic hydroxyl groups excluding tert-OH is 2. The highest BCUT2D eigenvalue weighted by molar-refractivity contribution is 8.02. The maximum absolute atomic E-state index is 13.8. The third-order valence-electron chi connectivity index (χ3n) is 9.10. The predicted octanol–water partition coefficient (Wildman–Crippen LogP) is 0.494. The second-order valence-corrected chi connectivity index (χ2v) is 13.3. The van der Waals surface area contributed by atoms with Gasteiger partial charge in [-0.15, -0.1) is 11.8 Å². The Balaban J connectivity index is 1.26. The summed E-state index contributed by atoms with van der Waals surface area (Å²) in [5.41, 5.74) is 0.209. The van der Waals surface area contributed by atoms with Crippen molar-refractivity contribution in [1.82, 2.24) is 19.6 Å². The molecule has 0 spiro atoms. The molecule has 1 aromatic carbocycles. The molecule has 244 valence electrons. The largest absolute Gasteiger partial charge is 0.477 e. The number of aliphatic carboxylic acids is 1. The van der Waals surface area contributed by atoms with Gasteiger partial charge in [0.05, 0.1) is 29.2 Å². The fraction of sp³-hybridized carbons (Fsp3) is 0.586. The molecule has 5 rings (SSSR count). The summed E-state index contributed by atoms with van der Waals surface area (Å²) in [7, 11) is 0. The lowest BCUT2D eigenvalue weighted by Crippen LogP contribution is -2.76. The van der Waals surface area contributed by atoms with E-state index in [1.54, 1.807) is 11.8 Å². The first-order valence-electron chi connectivity index (χ1n) is 14.8. The predicted molar refractivity (Wildman–Crippen MR) is 160 cm³/mol. The van der Waals surface area contributed by atoms with E-state index in [9.17, 15) is 44.6 Å². The normalized spacial score (nSPS) is 27.3. The molecule has 0 aromatic heterocycles. The summed E-state index contributed by atoms with van der Waals surface area (Å²) in [6.45, 7) is 5.95. The highest BCUT2D eigenvalue weighted by Crippen LogP contribution is 2.57. The van der Waals surface area contributed by atoms with Crippen LogP contribution in [-0.4, -0.2) is 138 Å². The summed E-state index contributed by atoms with van der Waals surface area (Å²) in [5, 5.41) is 41.0. The molecule has 3 saturated heterocycles. The topological polar surface area (TPSA) is 194 Å². The molecule has 3 fully saturated rings. The Morgan fingerprint density at radius 1 is 1.13 bits per heavy atom. The number of non-ortho nitro benzene ring substituents is 1. The summed E-state index contributed by atoms with van der Waals surface area (Å²) < 4.78 is 3.99. The Labute approximate surface area is 263 Å². The second kappa shape index (κ2) is 12.9. The number of carboxylic acids is 1. The van der Waals surface area contributed by atoms with Crippen LogP contribution in [0.25, 0.3) is 0 Å². The van der Waals surface area contributed by atoms with Gasteiger partial charge in [-0.2, -0.15) is 0 Å². The average Bonchev–Trinajstić information content (AvgIpc) is 3.59. The first-order chi connectivity index (χ1) is 21.4. The van der Waals surface area contributed by atoms with Crippen LogP contribution >= 0.6 is 11.8 Å². The van der Waals surface area contributed by atoms with Gasteiger partial charge in [0, 0.05) is 69.1 Å². The Hall–Kier alpha value is -3.73. The van der Waals surface area contributed by atoms with E-state index in [0.29, 0.717) is 51.3 Å². The van der Waals surface area contributed by atoms with Crippen LogP contribution in [-0.2, 0) is 25.7 Å². The number of benzene rings is 1. The maximum atomic E-state index is 13.8. The van der Waals surface area contributed by atoms with Crippen LogP contribution in [0.15, 0.2) is 35.5 Å². The summed E-state index contributed by atoms with van der Waals surface area (Å²) >= 11 is 1.22. The molecule has 15 nitrogen and oxygen atoms in total. The molecule has 4 aliphatic heterocycles. The van der Waals surface area contributed by atoms with Crippen molar-refractivity contribution in [3.05, 3.63) is 51.2 Å². The van der Waals surface area contributed by atoms with Crippen molar-refractivity contribution in [3.63, 3.8) is 0 Å². The quantitative estimate of drug-likeness (QED) is 0.181. The number of nitro benzene ring substituents is 1. The van der Waals surface area contributed by atoms with Gasteiger partial charge in [0.2, 0.25) is 5.91 Å². The highest BCUT2D eigenvalue weighted by Gasteiger charge is 2.71. The number of ether oxygens (including phenoxy) is 1. The Bertz CT molecular complexity index is 1400. The number of carbonyl (C=O) groups excluding carboxylic acids is 3. The van der Waals surface area contributed by atoms with Crippen LogP contribution in [0.3, 0.4) is 0 Å². The van der Waals surface area contributed by atoms with Gasteiger partial charge >= 0.3 is 12.1 Å². The molecule has 4 aliphatic rings. The van der Waals surface area contributed by atoms with Crippen LogP contribution in [0.2, 0.25) is 0 Å². The number of rotatable bonds is 10. The SMILES string of the molecule is CC(O)C1(SC2CCN(C(=O)OCc3ccc([N+](=O)[O-])cc3)C2)C(=O)N2C(C(=O)O)=C(C(=O)N3CCN(CCO)CC3)[C@@H](C)[C@H]21. The van der Waals surface area contributed by atoms with E-state index in [0.717, 1.165) is 4.90 Å². The number of β-amino-alcohol motifs (C(OH)–C–C–N with tert-alkyl or cyclic N) is 1. The van der Waals surface area contributed by atoms with Gasteiger partial charge in [-0.25, -0.2) is 9.59 Å². The molecule has 0 aliphatic carbocycles. The summed E-state index contributed by atoms with van der Waals surface area (Å²) in [5.74, 6) is -3.07. The van der Waals surface area contributed by atoms with Crippen molar-refractivity contribution in [2.24, 2.45) is 5.92 Å². The van der Waals surface area contributed by atoms with Crippen molar-refractivity contribution in [1.29, 1.82) is 0 Å². The lowest BCUT2D eigenvalue weighted by atomic mass is 9.76. The van der Waals surface area contributed by atoms with Crippen molar-refractivity contribution < 1.29 is 44.2 Å². The Morgan fingerprint density at radius 2 is 1.80 bits per heavy atom. The van der Waals surface area contributed by atoms with E-state index >= 15 is 0 Å². The van der Waals surface area contributed by atoms with Crippen LogP contribution < -0.4 is 0 Å².